The van der Waals surface area contributed by atoms with Gasteiger partial charge >= 0.3 is 5.97 Å². The first-order valence-electron chi connectivity index (χ1n) is 23.3. The molecule has 0 unspecified atom stereocenters. The molecule has 0 saturated heterocycles. The summed E-state index contributed by atoms with van der Waals surface area (Å²) >= 11 is 0. The number of fused-ring (bicyclic) bond motifs is 5. The maximum absolute atomic E-state index is 13.9. The van der Waals surface area contributed by atoms with Crippen LogP contribution >= 0.6 is 0 Å². The number of cyclic esters (lactones) is 1. The Hall–Kier alpha value is -7.14. The number of ketones is 2. The van der Waals surface area contributed by atoms with E-state index in [4.69, 9.17) is 9.72 Å². The number of nitrogens with zero attached hydrogens (tertiary/aromatic N) is 3. The summed E-state index contributed by atoms with van der Waals surface area (Å²) in [5.41, 5.74) is 4.65. The van der Waals surface area contributed by atoms with Gasteiger partial charge in [0, 0.05) is 60.4 Å². The number of esters is 1. The zero-order valence-corrected chi connectivity index (χ0v) is 38.1. The van der Waals surface area contributed by atoms with Gasteiger partial charge in [-0.3, -0.25) is 43.3 Å². The predicted octanol–water partition coefficient (Wildman–Crippen LogP) is 2.72. The van der Waals surface area contributed by atoms with Crippen molar-refractivity contribution in [3.63, 3.8) is 0 Å². The summed E-state index contributed by atoms with van der Waals surface area (Å²) in [5, 5.41) is 20.1. The molecule has 1 aliphatic carbocycles. The molecule has 68 heavy (non-hydrogen) atoms. The highest BCUT2D eigenvalue weighted by molar-refractivity contribution is 6.12. The molecule has 0 fully saturated rings. The average molecular weight is 927 g/mol. The quantitative estimate of drug-likeness (QED) is 0.0501. The van der Waals surface area contributed by atoms with E-state index in [0.29, 0.717) is 42.6 Å². The minimum absolute atomic E-state index is 0.0329. The van der Waals surface area contributed by atoms with Gasteiger partial charge in [-0.15, -0.1) is 0 Å². The molecular formula is C51H54N6O11. The normalized spacial score (nSPS) is 17.5. The van der Waals surface area contributed by atoms with Gasteiger partial charge in [-0.1, -0.05) is 49.7 Å². The second-order valence-electron chi connectivity index (χ2n) is 18.0. The number of Topliss-reactive ketones (excluding diaryl/α,β-unsaturated/α-hetero) is 2. The molecule has 0 radical (unpaired) electrons. The lowest BCUT2D eigenvalue weighted by Gasteiger charge is -2.31. The number of rotatable bonds is 20. The first kappa shape index (κ1) is 47.4. The first-order valence-corrected chi connectivity index (χ1v) is 23.3. The number of nitrogens with one attached hydrogen (secondary N) is 3. The number of hydrogen-bond acceptors (Lipinski definition) is 12. The van der Waals surface area contributed by atoms with Crippen molar-refractivity contribution in [1.29, 1.82) is 0 Å². The highest BCUT2D eigenvalue weighted by atomic mass is 16.6. The third-order valence-corrected chi connectivity index (χ3v) is 13.5. The van der Waals surface area contributed by atoms with Crippen molar-refractivity contribution >= 4 is 58.0 Å². The van der Waals surface area contributed by atoms with Crippen molar-refractivity contribution in [3.05, 3.63) is 110 Å². The largest absolute Gasteiger partial charge is 0.458 e. The fourth-order valence-electron chi connectivity index (χ4n) is 9.72. The number of aromatic nitrogens is 2. The minimum atomic E-state index is -1.93. The number of amides is 5. The molecule has 354 valence electrons. The number of carbonyl (C=O) groups excluding carboxylic acids is 8. The summed E-state index contributed by atoms with van der Waals surface area (Å²) in [5.74, 6) is -4.39. The van der Waals surface area contributed by atoms with E-state index in [1.54, 1.807) is 24.5 Å². The van der Waals surface area contributed by atoms with E-state index in [1.807, 2.05) is 42.5 Å². The van der Waals surface area contributed by atoms with Crippen LogP contribution in [0.15, 0.2) is 65.5 Å². The van der Waals surface area contributed by atoms with Crippen LogP contribution in [0.4, 0.5) is 0 Å². The van der Waals surface area contributed by atoms with Crippen molar-refractivity contribution in [2.75, 3.05) is 19.6 Å². The summed E-state index contributed by atoms with van der Waals surface area (Å²) in [6.07, 6.45) is 6.54. The Labute approximate surface area is 391 Å². The molecule has 0 saturated carbocycles. The molecule has 3 atom stereocenters. The molecule has 0 bridgehead atoms. The predicted molar refractivity (Wildman–Crippen MR) is 246 cm³/mol. The molecule has 4 aliphatic rings. The molecule has 8 rings (SSSR count). The number of benzene rings is 2. The summed E-state index contributed by atoms with van der Waals surface area (Å²) in [4.78, 5) is 122. The molecule has 0 spiro atoms. The fourth-order valence-corrected chi connectivity index (χ4v) is 9.72. The van der Waals surface area contributed by atoms with Crippen LogP contribution in [-0.4, -0.2) is 92.3 Å². The van der Waals surface area contributed by atoms with E-state index in [-0.39, 0.29) is 105 Å². The SMILES string of the molecule is CC[C@@]1(O)C(=O)OCc2c1cc1n(c2=O)Cc2c-1nc1ccc(CC(=O)[C@H](C)NC(=O)[C@@H](CC(=O)CNC(=O)CNC(=O)CCCCCN3C(=O)C=CC3=O)Cc3ccccc3)c3c1c2CCC3. The lowest BCUT2D eigenvalue weighted by Crippen LogP contribution is -2.44. The average Bonchev–Trinajstić information content (AvgIpc) is 3.87. The lowest BCUT2D eigenvalue weighted by molar-refractivity contribution is -0.172. The topological polar surface area (TPSA) is 240 Å². The molecule has 2 aromatic heterocycles. The number of pyridine rings is 2. The monoisotopic (exact) mass is 926 g/mol. The molecule has 4 aromatic rings. The van der Waals surface area contributed by atoms with Crippen LogP contribution in [0, 0.1) is 5.92 Å². The highest BCUT2D eigenvalue weighted by Crippen LogP contribution is 2.43. The standard InChI is InChI=1S/C51H54N6O11/c1-3-51(67)38-24-40-47-36(27-57(40)49(65)37(38)28-68-50(51)66)35-14-10-13-34-31(16-17-39(55-47)46(34)35)23-41(59)29(2)54-48(64)32(21-30-11-6-4-7-12-30)22-33(58)25-52-43(61)26-53-42(60)15-8-5-9-20-56-44(62)18-19-45(56)63/h4,6-7,11-12,16-19,24,29,32,67H,3,5,8-10,13-15,20-23,25-28H2,1-2H3,(H,52,61)(H,53,60)(H,54,64)/t29-,32+,51-/m0/s1. The van der Waals surface area contributed by atoms with Gasteiger partial charge in [0.05, 0.1) is 48.1 Å². The maximum Gasteiger partial charge on any atom is 0.343 e. The van der Waals surface area contributed by atoms with Crippen LogP contribution in [-0.2, 0) is 87.5 Å². The third-order valence-electron chi connectivity index (χ3n) is 13.5. The van der Waals surface area contributed by atoms with Gasteiger partial charge in [0.25, 0.3) is 17.4 Å². The van der Waals surface area contributed by atoms with Crippen molar-refractivity contribution in [1.82, 2.24) is 30.4 Å². The van der Waals surface area contributed by atoms with Crippen LogP contribution in [0.25, 0.3) is 22.3 Å². The molecule has 5 amide bonds. The van der Waals surface area contributed by atoms with Gasteiger partial charge < -0.3 is 30.4 Å². The smallest absolute Gasteiger partial charge is 0.343 e. The number of imide groups is 1. The number of hydrogen-bond donors (Lipinski definition) is 4. The van der Waals surface area contributed by atoms with Crippen LogP contribution in [0.3, 0.4) is 0 Å². The van der Waals surface area contributed by atoms with Gasteiger partial charge in [0.15, 0.2) is 17.2 Å². The highest BCUT2D eigenvalue weighted by Gasteiger charge is 2.45. The Bertz CT molecular complexity index is 2830. The number of ether oxygens (including phenoxy) is 1. The Kier molecular flexibility index (Phi) is 13.9. The van der Waals surface area contributed by atoms with Crippen molar-refractivity contribution in [2.24, 2.45) is 5.92 Å². The van der Waals surface area contributed by atoms with E-state index >= 15 is 0 Å². The fraction of sp³-hybridized carbons (Fsp3) is 0.412. The van der Waals surface area contributed by atoms with Gasteiger partial charge in [0.1, 0.15) is 6.61 Å². The second-order valence-corrected chi connectivity index (χ2v) is 18.0. The van der Waals surface area contributed by atoms with E-state index in [0.717, 1.165) is 50.9 Å². The summed E-state index contributed by atoms with van der Waals surface area (Å²) in [6.45, 7) is 2.90. The molecule has 4 N–H and O–H groups in total. The molecule has 5 heterocycles. The van der Waals surface area contributed by atoms with Crippen LogP contribution in [0.1, 0.15) is 97.7 Å². The zero-order valence-electron chi connectivity index (χ0n) is 38.1. The van der Waals surface area contributed by atoms with Crippen LogP contribution in [0.5, 0.6) is 0 Å². The van der Waals surface area contributed by atoms with E-state index < -0.39 is 41.1 Å². The molecule has 2 aromatic carbocycles. The third kappa shape index (κ3) is 9.66. The molecule has 17 nitrogen and oxygen atoms in total. The summed E-state index contributed by atoms with van der Waals surface area (Å²) in [6, 6.07) is 13.7. The Morgan fingerprint density at radius 1 is 0.868 bits per heavy atom. The Morgan fingerprint density at radius 3 is 2.35 bits per heavy atom. The van der Waals surface area contributed by atoms with E-state index in [2.05, 4.69) is 16.0 Å². The molecular weight excluding hydrogens is 873 g/mol. The van der Waals surface area contributed by atoms with Gasteiger partial charge in [-0.2, -0.15) is 0 Å². The van der Waals surface area contributed by atoms with Crippen molar-refractivity contribution in [3.8, 4) is 11.4 Å². The van der Waals surface area contributed by atoms with E-state index in [1.165, 1.54) is 12.2 Å². The summed E-state index contributed by atoms with van der Waals surface area (Å²) in [7, 11) is 0. The Balaban J connectivity index is 0.875. The second kappa shape index (κ2) is 20.0. The maximum atomic E-state index is 13.9. The first-order chi connectivity index (χ1) is 32.7. The number of carbonyl (C=O) groups is 8. The van der Waals surface area contributed by atoms with Gasteiger partial charge in [-0.05, 0) is 86.3 Å². The molecule has 17 heteroatoms. The van der Waals surface area contributed by atoms with Gasteiger partial charge in [0.2, 0.25) is 17.7 Å². The number of unbranched alkanes of at least 4 members (excludes halogenated alkanes) is 2. The number of aryl methyl sites for hydroxylation is 2. The lowest BCUT2D eigenvalue weighted by atomic mass is 9.83. The van der Waals surface area contributed by atoms with Gasteiger partial charge in [-0.25, -0.2) is 9.78 Å². The van der Waals surface area contributed by atoms with E-state index in [9.17, 15) is 48.3 Å². The van der Waals surface area contributed by atoms with Crippen LogP contribution in [0.2, 0.25) is 0 Å². The Morgan fingerprint density at radius 2 is 1.60 bits per heavy atom. The van der Waals surface area contributed by atoms with Crippen LogP contribution < -0.4 is 21.5 Å². The zero-order chi connectivity index (χ0) is 48.3. The number of aliphatic hydroxyl groups is 1. The van der Waals surface area contributed by atoms with Crippen molar-refractivity contribution in [2.45, 2.75) is 109 Å². The minimum Gasteiger partial charge on any atom is -0.458 e. The summed E-state index contributed by atoms with van der Waals surface area (Å²) < 4.78 is 6.86. The van der Waals surface area contributed by atoms with Crippen molar-refractivity contribution < 1.29 is 48.2 Å². The molecule has 3 aliphatic heterocycles.